The maximum Gasteiger partial charge on any atom is 1.00 e. The average molecular weight is 93.9 g/mol. The first-order valence-corrected chi connectivity index (χ1v) is 1.70. The molecule has 0 amide bonds. The predicted molar refractivity (Wildman–Crippen MR) is 29.7 cm³/mol. The number of rotatable bonds is 0. The van der Waals surface area contributed by atoms with Crippen LogP contribution in [0.4, 0.5) is 0 Å². The molecule has 0 bridgehead atoms. The van der Waals surface area contributed by atoms with Crippen LogP contribution in [0.15, 0.2) is 0 Å². The van der Waals surface area contributed by atoms with Crippen LogP contribution in [0.25, 0.3) is 0 Å². The fourth-order valence-electron chi connectivity index (χ4n) is 0. The third-order valence-electron chi connectivity index (χ3n) is 0. The van der Waals surface area contributed by atoms with Crippen molar-refractivity contribution in [3.63, 3.8) is 0 Å². The molecule has 0 radical (unpaired) electrons. The monoisotopic (exact) mass is 94.1 g/mol. The van der Waals surface area contributed by atoms with Crippen molar-refractivity contribution < 1.29 is 24.0 Å². The first-order valence-electron chi connectivity index (χ1n) is 1.70. The first kappa shape index (κ1) is 15.6. The minimum absolute atomic E-state index is 0. The Hall–Kier alpha value is 0.622. The molecule has 0 spiro atoms. The van der Waals surface area contributed by atoms with Crippen LogP contribution >= 0.6 is 0 Å². The van der Waals surface area contributed by atoms with Gasteiger partial charge in [0, 0.05) is 0 Å². The molecule has 0 fully saturated rings. The Morgan fingerprint density at radius 2 is 1.14 bits per heavy atom. The summed E-state index contributed by atoms with van der Waals surface area (Å²) in [6, 6.07) is 0. The second kappa shape index (κ2) is 4.77. The minimum Gasteiger partial charge on any atom is -0.850 e. The molecule has 38 valence electrons. The van der Waals surface area contributed by atoms with Gasteiger partial charge in [-0.3, -0.25) is 0 Å². The van der Waals surface area contributed by atoms with E-state index in [-0.39, 0.29) is 27.3 Å². The summed E-state index contributed by atoms with van der Waals surface area (Å²) in [6.45, 7) is 4.90. The molecular formula is C4H12BLiO. The van der Waals surface area contributed by atoms with E-state index in [4.69, 9.17) is 0 Å². The molecular weight excluding hydrogens is 81.8 g/mol. The van der Waals surface area contributed by atoms with Crippen molar-refractivity contribution >= 4 is 8.41 Å². The second-order valence-electron chi connectivity index (χ2n) is 2.11. The fourth-order valence-corrected chi connectivity index (χ4v) is 0. The van der Waals surface area contributed by atoms with Crippen molar-refractivity contribution in [3.8, 4) is 0 Å². The van der Waals surface area contributed by atoms with Gasteiger partial charge in [0.15, 0.2) is 0 Å². The van der Waals surface area contributed by atoms with Gasteiger partial charge in [0.25, 0.3) is 0 Å². The summed E-state index contributed by atoms with van der Waals surface area (Å²) in [4.78, 5) is 0. The van der Waals surface area contributed by atoms with Crippen molar-refractivity contribution in [3.05, 3.63) is 0 Å². The van der Waals surface area contributed by atoms with Crippen molar-refractivity contribution in [1.29, 1.82) is 0 Å². The molecule has 0 heterocycles. The standard InChI is InChI=1S/C4H9O.BH3.Li/c1-4(2,3)5;;/h1-3H3;1H3;/q-1;;+1. The Balaban J connectivity index is -0.0000000800. The zero-order chi connectivity index (χ0) is 4.50. The van der Waals surface area contributed by atoms with Gasteiger partial charge >= 0.3 is 18.9 Å². The van der Waals surface area contributed by atoms with Gasteiger partial charge in [-0.25, -0.2) is 0 Å². The van der Waals surface area contributed by atoms with Crippen LogP contribution in [0, 0.1) is 0 Å². The molecule has 0 aromatic heterocycles. The van der Waals surface area contributed by atoms with Crippen molar-refractivity contribution in [2.24, 2.45) is 0 Å². The summed E-state index contributed by atoms with van der Waals surface area (Å²) >= 11 is 0. The molecule has 0 saturated carbocycles. The van der Waals surface area contributed by atoms with E-state index >= 15 is 0 Å². The third kappa shape index (κ3) is 365. The van der Waals surface area contributed by atoms with Gasteiger partial charge in [-0.15, -0.1) is 5.60 Å². The normalized spacial score (nSPS) is 8.57. The predicted octanol–water partition coefficient (Wildman–Crippen LogP) is -4.03. The molecule has 0 saturated heterocycles. The molecule has 3 heteroatoms. The van der Waals surface area contributed by atoms with Gasteiger partial charge in [0.05, 0.1) is 8.41 Å². The molecule has 0 rings (SSSR count). The summed E-state index contributed by atoms with van der Waals surface area (Å²) in [5, 5.41) is 10.1. The molecule has 0 atom stereocenters. The Kier molecular flexibility index (Phi) is 10.7. The Bertz CT molecular complexity index is 27.2. The topological polar surface area (TPSA) is 23.1 Å². The van der Waals surface area contributed by atoms with Crippen molar-refractivity contribution in [1.82, 2.24) is 0 Å². The molecule has 0 aromatic rings. The summed E-state index contributed by atoms with van der Waals surface area (Å²) in [5.41, 5.74) is -0.750. The molecule has 0 aliphatic heterocycles. The van der Waals surface area contributed by atoms with Crippen molar-refractivity contribution in [2.45, 2.75) is 26.4 Å². The zero-order valence-electron chi connectivity index (χ0n) is 4.91. The maximum atomic E-state index is 10.1. The van der Waals surface area contributed by atoms with Gasteiger partial charge < -0.3 is 5.11 Å². The van der Waals surface area contributed by atoms with Gasteiger partial charge in [-0.2, -0.15) is 0 Å². The molecule has 1 nitrogen and oxygen atoms in total. The van der Waals surface area contributed by atoms with Gasteiger partial charge in [0.2, 0.25) is 0 Å². The maximum absolute atomic E-state index is 10.1. The van der Waals surface area contributed by atoms with Crippen molar-refractivity contribution in [2.75, 3.05) is 0 Å². The molecule has 0 unspecified atom stereocenters. The summed E-state index contributed by atoms with van der Waals surface area (Å²) in [6.07, 6.45) is 0. The van der Waals surface area contributed by atoms with E-state index in [1.165, 1.54) is 0 Å². The number of hydrogen-bond donors (Lipinski definition) is 0. The van der Waals surface area contributed by atoms with E-state index < -0.39 is 5.60 Å². The Morgan fingerprint density at radius 3 is 1.14 bits per heavy atom. The number of hydrogen-bond acceptors (Lipinski definition) is 1. The second-order valence-corrected chi connectivity index (χ2v) is 2.11. The third-order valence-corrected chi connectivity index (χ3v) is 0. The van der Waals surface area contributed by atoms with Crippen LogP contribution in [0.5, 0.6) is 0 Å². The summed E-state index contributed by atoms with van der Waals surface area (Å²) in [7, 11) is 0. The average Bonchev–Trinajstić information content (AvgIpc) is 0.722. The molecule has 0 N–H and O–H groups in total. The molecule has 0 aromatic carbocycles. The fraction of sp³-hybridized carbons (Fsp3) is 1.00. The minimum atomic E-state index is -0.750. The zero-order valence-corrected chi connectivity index (χ0v) is 4.91. The Labute approximate surface area is 59.2 Å². The van der Waals surface area contributed by atoms with Gasteiger partial charge in [-0.1, -0.05) is 20.8 Å². The van der Waals surface area contributed by atoms with Crippen LogP contribution in [-0.4, -0.2) is 14.0 Å². The summed E-state index contributed by atoms with van der Waals surface area (Å²) < 4.78 is 0. The molecule has 0 aliphatic rings. The van der Waals surface area contributed by atoms with Gasteiger partial charge in [-0.05, 0) is 0 Å². The van der Waals surface area contributed by atoms with Gasteiger partial charge in [0.1, 0.15) is 0 Å². The van der Waals surface area contributed by atoms with Crippen LogP contribution < -0.4 is 24.0 Å². The van der Waals surface area contributed by atoms with Crippen LogP contribution in [0.3, 0.4) is 0 Å². The smallest absolute Gasteiger partial charge is 0.850 e. The Morgan fingerprint density at radius 1 is 1.14 bits per heavy atom. The van der Waals surface area contributed by atoms with Crippen LogP contribution in [0.1, 0.15) is 20.8 Å². The first-order chi connectivity index (χ1) is 2.00. The SMILES string of the molecule is B.CC(C)(C)[O-].[Li+]. The van der Waals surface area contributed by atoms with E-state index in [0.29, 0.717) is 0 Å². The molecule has 7 heavy (non-hydrogen) atoms. The van der Waals surface area contributed by atoms with E-state index in [1.807, 2.05) is 0 Å². The van der Waals surface area contributed by atoms with Crippen LogP contribution in [0.2, 0.25) is 0 Å². The largest absolute Gasteiger partial charge is 1.00 e. The molecule has 0 aliphatic carbocycles. The van der Waals surface area contributed by atoms with E-state index in [1.54, 1.807) is 20.8 Å². The summed E-state index contributed by atoms with van der Waals surface area (Å²) in [5.74, 6) is 0. The quantitative estimate of drug-likeness (QED) is 0.280. The van der Waals surface area contributed by atoms with E-state index in [2.05, 4.69) is 0 Å². The van der Waals surface area contributed by atoms with Crippen LogP contribution in [-0.2, 0) is 0 Å². The van der Waals surface area contributed by atoms with E-state index in [0.717, 1.165) is 0 Å². The van der Waals surface area contributed by atoms with E-state index in [9.17, 15) is 5.11 Å².